The van der Waals surface area contributed by atoms with Crippen molar-refractivity contribution in [2.75, 3.05) is 0 Å². The molecule has 4 heteroatoms. The zero-order valence-corrected chi connectivity index (χ0v) is 11.3. The van der Waals surface area contributed by atoms with Crippen LogP contribution < -0.4 is 5.43 Å². The summed E-state index contributed by atoms with van der Waals surface area (Å²) < 4.78 is 0. The summed E-state index contributed by atoms with van der Waals surface area (Å²) in [7, 11) is 0. The van der Waals surface area contributed by atoms with Gasteiger partial charge >= 0.3 is 0 Å². The Hall–Kier alpha value is -2.36. The second-order valence-electron chi connectivity index (χ2n) is 5.18. The van der Waals surface area contributed by atoms with Gasteiger partial charge in [-0.2, -0.15) is 5.10 Å². The summed E-state index contributed by atoms with van der Waals surface area (Å²) in [5.41, 5.74) is 3.70. The largest absolute Gasteiger partial charge is 0.507 e. The van der Waals surface area contributed by atoms with Crippen molar-refractivity contribution in [2.24, 2.45) is 11.0 Å². The fourth-order valence-electron chi connectivity index (χ4n) is 2.20. The summed E-state index contributed by atoms with van der Waals surface area (Å²) in [4.78, 5) is 12.1. The van der Waals surface area contributed by atoms with Crippen LogP contribution in [0.3, 0.4) is 0 Å². The third-order valence-electron chi connectivity index (χ3n) is 3.61. The van der Waals surface area contributed by atoms with Crippen molar-refractivity contribution in [3.8, 4) is 5.75 Å². The Morgan fingerprint density at radius 2 is 1.90 bits per heavy atom. The molecule has 4 nitrogen and oxygen atoms in total. The summed E-state index contributed by atoms with van der Waals surface area (Å²) in [5.74, 6) is 0.106. The van der Waals surface area contributed by atoms with E-state index in [2.05, 4.69) is 10.5 Å². The summed E-state index contributed by atoms with van der Waals surface area (Å²) >= 11 is 0. The second-order valence-corrected chi connectivity index (χ2v) is 5.18. The third kappa shape index (κ3) is 2.50. The topological polar surface area (TPSA) is 61.7 Å². The average molecular weight is 268 g/mol. The van der Waals surface area contributed by atoms with E-state index in [1.165, 1.54) is 0 Å². The molecule has 2 N–H and O–H groups in total. The van der Waals surface area contributed by atoms with E-state index in [1.54, 1.807) is 12.1 Å². The van der Waals surface area contributed by atoms with Gasteiger partial charge in [-0.1, -0.05) is 24.3 Å². The van der Waals surface area contributed by atoms with E-state index in [9.17, 15) is 9.90 Å². The van der Waals surface area contributed by atoms with Crippen molar-refractivity contribution in [3.63, 3.8) is 0 Å². The number of rotatable bonds is 3. The van der Waals surface area contributed by atoms with Crippen LogP contribution in [0.5, 0.6) is 5.75 Å². The number of hydrogen-bond acceptors (Lipinski definition) is 3. The number of fused-ring (bicyclic) bond motifs is 1. The molecular weight excluding hydrogens is 252 g/mol. The zero-order chi connectivity index (χ0) is 14.1. The van der Waals surface area contributed by atoms with Crippen molar-refractivity contribution < 1.29 is 9.90 Å². The van der Waals surface area contributed by atoms with Crippen LogP contribution >= 0.6 is 0 Å². The van der Waals surface area contributed by atoms with Gasteiger partial charge in [0.15, 0.2) is 0 Å². The molecule has 0 heterocycles. The Morgan fingerprint density at radius 3 is 2.55 bits per heavy atom. The minimum atomic E-state index is -0.381. The number of phenolic OH excluding ortho intramolecular Hbond substituents is 1. The molecule has 0 bridgehead atoms. The average Bonchev–Trinajstić information content (AvgIpc) is 3.28. The number of nitrogens with one attached hydrogen (secondary N) is 1. The highest BCUT2D eigenvalue weighted by Gasteiger charge is 2.24. The molecule has 2 aromatic carbocycles. The van der Waals surface area contributed by atoms with E-state index in [0.29, 0.717) is 5.92 Å². The van der Waals surface area contributed by atoms with Gasteiger partial charge in [-0.15, -0.1) is 0 Å². The first-order chi connectivity index (χ1) is 9.65. The van der Waals surface area contributed by atoms with E-state index in [4.69, 9.17) is 0 Å². The standard InChI is InChI=1S/C16H16N2O2/c1-10(11-6-7-11)17-18-16(20)14-8-12-4-2-3-5-13(12)9-15(14)19/h2-5,8-9,11,19H,6-7H2,1H3,(H,18,20). The predicted molar refractivity (Wildman–Crippen MR) is 78.9 cm³/mol. The Morgan fingerprint density at radius 1 is 1.25 bits per heavy atom. The van der Waals surface area contributed by atoms with Crippen LogP contribution in [-0.4, -0.2) is 16.7 Å². The quantitative estimate of drug-likeness (QED) is 0.664. The summed E-state index contributed by atoms with van der Waals surface area (Å²) in [6.45, 7) is 1.91. The third-order valence-corrected chi connectivity index (χ3v) is 3.61. The fraction of sp³-hybridized carbons (Fsp3) is 0.250. The van der Waals surface area contributed by atoms with Crippen molar-refractivity contribution in [3.05, 3.63) is 42.0 Å². The van der Waals surface area contributed by atoms with E-state index in [0.717, 1.165) is 29.3 Å². The van der Waals surface area contributed by atoms with Gasteiger partial charge in [0.2, 0.25) is 0 Å². The molecule has 0 spiro atoms. The van der Waals surface area contributed by atoms with Gasteiger partial charge in [0.05, 0.1) is 5.56 Å². The molecule has 0 atom stereocenters. The Labute approximate surface area is 117 Å². The molecule has 0 aromatic heterocycles. The molecule has 1 aliphatic rings. The van der Waals surface area contributed by atoms with Crippen LogP contribution in [0.1, 0.15) is 30.1 Å². The Kier molecular flexibility index (Phi) is 3.14. The van der Waals surface area contributed by atoms with Crippen molar-refractivity contribution in [1.29, 1.82) is 0 Å². The highest BCUT2D eigenvalue weighted by molar-refractivity contribution is 6.02. The molecule has 3 rings (SSSR count). The lowest BCUT2D eigenvalue weighted by Crippen LogP contribution is -2.19. The number of phenols is 1. The number of carbonyl (C=O) groups is 1. The van der Waals surface area contributed by atoms with Gasteiger partial charge in [-0.05, 0) is 48.6 Å². The molecule has 0 radical (unpaired) electrons. The maximum Gasteiger partial charge on any atom is 0.275 e. The number of carbonyl (C=O) groups excluding carboxylic acids is 1. The lowest BCUT2D eigenvalue weighted by Gasteiger charge is -2.06. The second kappa shape index (κ2) is 4.96. The lowest BCUT2D eigenvalue weighted by atomic mass is 10.1. The molecule has 2 aromatic rings. The van der Waals surface area contributed by atoms with Crippen LogP contribution in [-0.2, 0) is 0 Å². The first kappa shape index (κ1) is 12.7. The van der Waals surface area contributed by atoms with Gasteiger partial charge in [0.25, 0.3) is 5.91 Å². The van der Waals surface area contributed by atoms with Crippen LogP contribution in [0.15, 0.2) is 41.5 Å². The van der Waals surface area contributed by atoms with Gasteiger partial charge in [0, 0.05) is 5.71 Å². The monoisotopic (exact) mass is 268 g/mol. The fourth-order valence-corrected chi connectivity index (χ4v) is 2.20. The van der Waals surface area contributed by atoms with Gasteiger partial charge in [0.1, 0.15) is 5.75 Å². The Bertz CT molecular complexity index is 703. The SMILES string of the molecule is CC(=NNC(=O)c1cc2ccccc2cc1O)C1CC1. The molecule has 1 aliphatic carbocycles. The van der Waals surface area contributed by atoms with Crippen molar-refractivity contribution >= 4 is 22.4 Å². The summed E-state index contributed by atoms with van der Waals surface area (Å²) in [6, 6.07) is 10.9. The molecule has 20 heavy (non-hydrogen) atoms. The summed E-state index contributed by atoms with van der Waals surface area (Å²) in [6.07, 6.45) is 2.29. The number of benzene rings is 2. The van der Waals surface area contributed by atoms with E-state index in [-0.39, 0.29) is 17.2 Å². The highest BCUT2D eigenvalue weighted by atomic mass is 16.3. The minimum absolute atomic E-state index is 0.0273. The van der Waals surface area contributed by atoms with Gasteiger partial charge < -0.3 is 5.11 Å². The molecule has 0 aliphatic heterocycles. The number of aromatic hydroxyl groups is 1. The molecule has 1 saturated carbocycles. The normalized spacial score (nSPS) is 15.3. The molecule has 1 amide bonds. The molecule has 102 valence electrons. The number of hydrogen-bond donors (Lipinski definition) is 2. The lowest BCUT2D eigenvalue weighted by molar-refractivity contribution is 0.0952. The molecule has 0 unspecified atom stereocenters. The highest BCUT2D eigenvalue weighted by Crippen LogP contribution is 2.30. The summed E-state index contributed by atoms with van der Waals surface area (Å²) in [5, 5.41) is 15.9. The molecule has 0 saturated heterocycles. The van der Waals surface area contributed by atoms with E-state index in [1.807, 2.05) is 31.2 Å². The van der Waals surface area contributed by atoms with Crippen LogP contribution in [0, 0.1) is 5.92 Å². The van der Waals surface area contributed by atoms with Crippen molar-refractivity contribution in [2.45, 2.75) is 19.8 Å². The smallest absolute Gasteiger partial charge is 0.275 e. The number of amides is 1. The van der Waals surface area contributed by atoms with Crippen LogP contribution in [0.2, 0.25) is 0 Å². The van der Waals surface area contributed by atoms with Gasteiger partial charge in [-0.25, -0.2) is 5.43 Å². The predicted octanol–water partition coefficient (Wildman–Crippen LogP) is 3.06. The molecule has 1 fully saturated rings. The number of nitrogens with zero attached hydrogens (tertiary/aromatic N) is 1. The first-order valence-corrected chi connectivity index (χ1v) is 6.71. The zero-order valence-electron chi connectivity index (χ0n) is 11.3. The van der Waals surface area contributed by atoms with Crippen molar-refractivity contribution in [1.82, 2.24) is 5.43 Å². The number of hydrazone groups is 1. The molecular formula is C16H16N2O2. The van der Waals surface area contributed by atoms with Crippen LogP contribution in [0.4, 0.5) is 0 Å². The van der Waals surface area contributed by atoms with E-state index < -0.39 is 0 Å². The first-order valence-electron chi connectivity index (χ1n) is 6.71. The Balaban J connectivity index is 1.86. The van der Waals surface area contributed by atoms with Gasteiger partial charge in [-0.3, -0.25) is 4.79 Å². The van der Waals surface area contributed by atoms with Crippen LogP contribution in [0.25, 0.3) is 10.8 Å². The van der Waals surface area contributed by atoms with E-state index >= 15 is 0 Å². The minimum Gasteiger partial charge on any atom is -0.507 e. The maximum atomic E-state index is 12.1. The maximum absolute atomic E-state index is 12.1.